The van der Waals surface area contributed by atoms with Gasteiger partial charge in [-0.15, -0.1) is 0 Å². The van der Waals surface area contributed by atoms with Gasteiger partial charge in [0.05, 0.1) is 12.1 Å². The number of nitrogens with one attached hydrogen (secondary N) is 2. The molecule has 1 saturated heterocycles. The molecule has 4 nitrogen and oxygen atoms in total. The summed E-state index contributed by atoms with van der Waals surface area (Å²) in [6.07, 6.45) is -6.11. The second kappa shape index (κ2) is 9.31. The Morgan fingerprint density at radius 1 is 0.800 bits per heavy atom. The van der Waals surface area contributed by atoms with Crippen LogP contribution in [-0.4, -0.2) is 18.0 Å². The molecule has 1 aliphatic heterocycles. The minimum Gasteiger partial charge on any atom is -0.423 e. The van der Waals surface area contributed by atoms with Crippen LogP contribution >= 0.6 is 0 Å². The minimum absolute atomic E-state index is 0.233. The van der Waals surface area contributed by atoms with Crippen molar-refractivity contribution in [3.63, 3.8) is 0 Å². The van der Waals surface area contributed by atoms with E-state index in [0.717, 1.165) is 36.4 Å². The number of esters is 1. The van der Waals surface area contributed by atoms with Gasteiger partial charge in [0.15, 0.2) is 0 Å². The summed E-state index contributed by atoms with van der Waals surface area (Å²) < 4.78 is 100.0. The molecule has 1 heterocycles. The predicted molar refractivity (Wildman–Crippen MR) is 109 cm³/mol. The molecule has 2 atom stereocenters. The highest BCUT2D eigenvalue weighted by Gasteiger charge is 2.53. The van der Waals surface area contributed by atoms with Crippen LogP contribution in [0.1, 0.15) is 28.8 Å². The summed E-state index contributed by atoms with van der Waals surface area (Å²) in [4.78, 5) is 11.8. The van der Waals surface area contributed by atoms with Crippen LogP contribution < -0.4 is 10.6 Å². The van der Waals surface area contributed by atoms with E-state index in [4.69, 9.17) is 4.74 Å². The Balaban J connectivity index is 1.82. The molecule has 2 unspecified atom stereocenters. The molecule has 4 rings (SSSR count). The van der Waals surface area contributed by atoms with Crippen molar-refractivity contribution in [1.29, 1.82) is 0 Å². The summed E-state index contributed by atoms with van der Waals surface area (Å²) in [5.41, 5.74) is 0.187. The van der Waals surface area contributed by atoms with Crippen LogP contribution in [0.3, 0.4) is 0 Å². The van der Waals surface area contributed by atoms with Crippen molar-refractivity contribution in [2.45, 2.75) is 30.5 Å². The second-order valence-corrected chi connectivity index (χ2v) is 7.98. The van der Waals surface area contributed by atoms with Crippen molar-refractivity contribution in [3.05, 3.63) is 107 Å². The maximum atomic E-state index is 14.4. The van der Waals surface area contributed by atoms with Crippen molar-refractivity contribution in [3.8, 4) is 0 Å². The lowest BCUT2D eigenvalue weighted by molar-refractivity contribution is -0.218. The van der Waals surface area contributed by atoms with Gasteiger partial charge in [-0.3, -0.25) is 10.6 Å². The molecular weight excluding hydrogens is 481 g/mol. The van der Waals surface area contributed by atoms with E-state index in [-0.39, 0.29) is 16.7 Å². The molecule has 0 radical (unpaired) electrons. The quantitative estimate of drug-likeness (QED) is 0.374. The molecule has 0 aliphatic carbocycles. The number of hydrogen-bond donors (Lipinski definition) is 2. The Morgan fingerprint density at radius 2 is 1.31 bits per heavy atom. The average molecular weight is 498 g/mol. The van der Waals surface area contributed by atoms with Gasteiger partial charge in [-0.1, -0.05) is 30.3 Å². The highest BCUT2D eigenvalue weighted by Crippen LogP contribution is 2.40. The van der Waals surface area contributed by atoms with Crippen molar-refractivity contribution in [2.75, 3.05) is 0 Å². The van der Waals surface area contributed by atoms with E-state index in [2.05, 4.69) is 10.6 Å². The van der Waals surface area contributed by atoms with Crippen molar-refractivity contribution >= 4 is 5.97 Å². The van der Waals surface area contributed by atoms with Gasteiger partial charge in [-0.2, -0.15) is 13.2 Å². The standard InChI is InChI=1S/C24H17F7N2O2/c25-16-5-1-3-13(9-16)20-21(14-4-2-6-17(26)10-14)33-23(32-20,35-22(34)24(29,30)31)12-15-7-8-18(27)11-19(15)28/h1-11,20-21,32-33H,12H2. The van der Waals surface area contributed by atoms with E-state index < -0.39 is 59.8 Å². The van der Waals surface area contributed by atoms with Gasteiger partial charge < -0.3 is 4.74 Å². The number of alkyl halides is 3. The molecule has 0 saturated carbocycles. The normalized spacial score (nSPS) is 22.3. The highest BCUT2D eigenvalue weighted by molar-refractivity contribution is 5.76. The van der Waals surface area contributed by atoms with Crippen LogP contribution in [0.5, 0.6) is 0 Å². The lowest BCUT2D eigenvalue weighted by Gasteiger charge is -2.31. The average Bonchev–Trinajstić information content (AvgIpc) is 3.14. The van der Waals surface area contributed by atoms with Gasteiger partial charge in [-0.25, -0.2) is 22.4 Å². The SMILES string of the molecule is O=C(OC1(Cc2ccc(F)cc2F)NC(c2cccc(F)c2)C(c2cccc(F)c2)N1)C(F)(F)F. The number of carbonyl (C=O) groups excluding carboxylic acids is 1. The van der Waals surface area contributed by atoms with Gasteiger partial charge in [0.1, 0.15) is 23.3 Å². The number of halogens is 7. The first-order valence-electron chi connectivity index (χ1n) is 10.3. The van der Waals surface area contributed by atoms with Crippen LogP contribution in [0, 0.1) is 23.3 Å². The van der Waals surface area contributed by atoms with Crippen molar-refractivity contribution in [2.24, 2.45) is 0 Å². The number of rotatable bonds is 5. The fourth-order valence-corrected chi connectivity index (χ4v) is 4.01. The number of hydrogen-bond acceptors (Lipinski definition) is 4. The molecule has 0 amide bonds. The summed E-state index contributed by atoms with van der Waals surface area (Å²) in [7, 11) is 0. The first kappa shape index (κ1) is 24.7. The minimum atomic E-state index is -5.40. The molecule has 3 aromatic carbocycles. The summed E-state index contributed by atoms with van der Waals surface area (Å²) >= 11 is 0. The second-order valence-electron chi connectivity index (χ2n) is 7.98. The van der Waals surface area contributed by atoms with Crippen LogP contribution in [0.4, 0.5) is 30.7 Å². The molecular formula is C24H17F7N2O2. The molecule has 1 aliphatic rings. The molecule has 3 aromatic rings. The zero-order valence-corrected chi connectivity index (χ0v) is 17.7. The fraction of sp³-hybridized carbons (Fsp3) is 0.208. The van der Waals surface area contributed by atoms with Crippen LogP contribution in [-0.2, 0) is 16.0 Å². The lowest BCUT2D eigenvalue weighted by atomic mass is 9.95. The van der Waals surface area contributed by atoms with Crippen LogP contribution in [0.2, 0.25) is 0 Å². The Morgan fingerprint density at radius 3 is 1.77 bits per heavy atom. The van der Waals surface area contributed by atoms with Gasteiger partial charge in [-0.05, 0) is 47.0 Å². The van der Waals surface area contributed by atoms with E-state index in [1.807, 2.05) is 0 Å². The summed E-state index contributed by atoms with van der Waals surface area (Å²) in [6.45, 7) is 0. The number of carbonyl (C=O) groups is 1. The zero-order chi connectivity index (χ0) is 25.4. The monoisotopic (exact) mass is 498 g/mol. The maximum Gasteiger partial charge on any atom is 0.491 e. The van der Waals surface area contributed by atoms with Crippen molar-refractivity contribution in [1.82, 2.24) is 10.6 Å². The largest absolute Gasteiger partial charge is 0.491 e. The smallest absolute Gasteiger partial charge is 0.423 e. The van der Waals surface area contributed by atoms with E-state index in [1.54, 1.807) is 0 Å². The Kier molecular flexibility index (Phi) is 6.56. The summed E-state index contributed by atoms with van der Waals surface area (Å²) in [5.74, 6) is -8.28. The molecule has 0 spiro atoms. The molecule has 35 heavy (non-hydrogen) atoms. The van der Waals surface area contributed by atoms with Gasteiger partial charge in [0.2, 0.25) is 5.85 Å². The highest BCUT2D eigenvalue weighted by atomic mass is 19.4. The van der Waals surface area contributed by atoms with Crippen LogP contribution in [0.25, 0.3) is 0 Å². The zero-order valence-electron chi connectivity index (χ0n) is 17.7. The third-order valence-electron chi connectivity index (χ3n) is 5.48. The molecule has 11 heteroatoms. The van der Waals surface area contributed by atoms with Crippen LogP contribution in [0.15, 0.2) is 66.7 Å². The van der Waals surface area contributed by atoms with Gasteiger partial charge in [0.25, 0.3) is 0 Å². The van der Waals surface area contributed by atoms with Crippen molar-refractivity contribution < 1.29 is 40.3 Å². The molecule has 0 bridgehead atoms. The first-order valence-corrected chi connectivity index (χ1v) is 10.3. The third-order valence-corrected chi connectivity index (χ3v) is 5.48. The third kappa shape index (κ3) is 5.46. The molecule has 0 aromatic heterocycles. The molecule has 184 valence electrons. The number of ether oxygens (including phenoxy) is 1. The first-order chi connectivity index (χ1) is 16.5. The lowest BCUT2D eigenvalue weighted by Crippen LogP contribution is -2.56. The van der Waals surface area contributed by atoms with E-state index in [9.17, 15) is 35.5 Å². The Bertz CT molecular complexity index is 1200. The summed E-state index contributed by atoms with van der Waals surface area (Å²) in [5, 5.41) is 5.41. The van der Waals surface area contributed by atoms with E-state index >= 15 is 0 Å². The summed E-state index contributed by atoms with van der Waals surface area (Å²) in [6, 6.07) is 10.5. The Labute approximate surface area is 194 Å². The van der Waals surface area contributed by atoms with Gasteiger partial charge in [0, 0.05) is 12.5 Å². The predicted octanol–water partition coefficient (Wildman–Crippen LogP) is 5.22. The number of benzene rings is 3. The molecule has 2 N–H and O–H groups in total. The van der Waals surface area contributed by atoms with E-state index in [0.29, 0.717) is 6.07 Å². The maximum absolute atomic E-state index is 14.4. The topological polar surface area (TPSA) is 50.4 Å². The fourth-order valence-electron chi connectivity index (χ4n) is 4.01. The van der Waals surface area contributed by atoms with Gasteiger partial charge >= 0.3 is 12.1 Å². The Hall–Kier alpha value is -3.44. The molecule has 1 fully saturated rings. The van der Waals surface area contributed by atoms with E-state index in [1.165, 1.54) is 24.3 Å².